The van der Waals surface area contributed by atoms with E-state index in [9.17, 15) is 4.79 Å². The van der Waals surface area contributed by atoms with E-state index in [2.05, 4.69) is 26.5 Å². The minimum absolute atomic E-state index is 0.188. The van der Waals surface area contributed by atoms with Gasteiger partial charge >= 0.3 is 0 Å². The molecule has 0 saturated heterocycles. The molecule has 0 radical (unpaired) electrons. The number of rotatable bonds is 4. The molecule has 0 bridgehead atoms. The maximum Gasteiger partial charge on any atom is 0.275 e. The molecular formula is C16H12BrClN2O4. The van der Waals surface area contributed by atoms with Crippen molar-refractivity contribution in [2.24, 2.45) is 5.10 Å². The lowest BCUT2D eigenvalue weighted by Crippen LogP contribution is -2.18. The standard InChI is InChI=1S/C16H12BrClN2O4/c1-22-13-3-2-10(18)5-11(13)16(21)20-19-7-9-4-14-15(6-12(9)17)24-8-23-14/h2-7H,8H2,1H3,(H,20,21)/b19-7+. The average Bonchev–Trinajstić information content (AvgIpc) is 3.01. The van der Waals surface area contributed by atoms with Crippen LogP contribution in [0.15, 0.2) is 39.9 Å². The number of fused-ring (bicyclic) bond motifs is 1. The SMILES string of the molecule is COc1ccc(Cl)cc1C(=O)N/N=C/c1cc2c(cc1Br)OCO2. The van der Waals surface area contributed by atoms with Crippen molar-refractivity contribution in [1.82, 2.24) is 5.43 Å². The molecule has 1 heterocycles. The molecule has 1 N–H and O–H groups in total. The summed E-state index contributed by atoms with van der Waals surface area (Å²) in [5.41, 5.74) is 3.48. The van der Waals surface area contributed by atoms with Crippen molar-refractivity contribution in [2.75, 3.05) is 13.9 Å². The molecule has 6 nitrogen and oxygen atoms in total. The van der Waals surface area contributed by atoms with Crippen molar-refractivity contribution in [3.05, 3.63) is 51.0 Å². The van der Waals surface area contributed by atoms with Crippen LogP contribution in [0.5, 0.6) is 17.2 Å². The normalized spacial score (nSPS) is 12.5. The summed E-state index contributed by atoms with van der Waals surface area (Å²) in [4.78, 5) is 12.2. The molecule has 0 fully saturated rings. The number of nitrogens with zero attached hydrogens (tertiary/aromatic N) is 1. The number of ether oxygens (including phenoxy) is 3. The van der Waals surface area contributed by atoms with Gasteiger partial charge in [-0.3, -0.25) is 4.79 Å². The minimum atomic E-state index is -0.428. The summed E-state index contributed by atoms with van der Waals surface area (Å²) in [7, 11) is 1.48. The fraction of sp³-hybridized carbons (Fsp3) is 0.125. The van der Waals surface area contributed by atoms with E-state index >= 15 is 0 Å². The fourth-order valence-corrected chi connectivity index (χ4v) is 2.71. The van der Waals surface area contributed by atoms with Gasteiger partial charge in [-0.1, -0.05) is 11.6 Å². The van der Waals surface area contributed by atoms with Gasteiger partial charge in [-0.05, 0) is 46.3 Å². The van der Waals surface area contributed by atoms with Gasteiger partial charge in [0, 0.05) is 15.1 Å². The second-order valence-corrected chi connectivity index (χ2v) is 6.06. The molecule has 0 saturated carbocycles. The van der Waals surface area contributed by atoms with Crippen LogP contribution in [0, 0.1) is 0 Å². The third kappa shape index (κ3) is 3.47. The van der Waals surface area contributed by atoms with Gasteiger partial charge < -0.3 is 14.2 Å². The van der Waals surface area contributed by atoms with Gasteiger partial charge in [0.15, 0.2) is 11.5 Å². The van der Waals surface area contributed by atoms with Crippen molar-refractivity contribution >= 4 is 39.7 Å². The lowest BCUT2D eigenvalue weighted by molar-refractivity contribution is 0.0952. The largest absolute Gasteiger partial charge is 0.496 e. The third-order valence-corrected chi connectivity index (χ3v) is 4.19. The fourth-order valence-electron chi connectivity index (χ4n) is 2.11. The highest BCUT2D eigenvalue weighted by Gasteiger charge is 2.16. The van der Waals surface area contributed by atoms with Crippen LogP contribution in [0.4, 0.5) is 0 Å². The van der Waals surface area contributed by atoms with E-state index in [0.29, 0.717) is 27.8 Å². The number of hydrogen-bond acceptors (Lipinski definition) is 5. The number of nitrogens with one attached hydrogen (secondary N) is 1. The van der Waals surface area contributed by atoms with Gasteiger partial charge in [-0.25, -0.2) is 5.43 Å². The second-order valence-electron chi connectivity index (χ2n) is 4.77. The summed E-state index contributed by atoms with van der Waals surface area (Å²) in [5, 5.41) is 4.39. The number of methoxy groups -OCH3 is 1. The van der Waals surface area contributed by atoms with Crippen LogP contribution in [0.2, 0.25) is 5.02 Å². The van der Waals surface area contributed by atoms with E-state index in [0.717, 1.165) is 10.0 Å². The molecular weight excluding hydrogens is 400 g/mol. The number of amides is 1. The Morgan fingerprint density at radius 3 is 2.83 bits per heavy atom. The van der Waals surface area contributed by atoms with Gasteiger partial charge in [0.05, 0.1) is 18.9 Å². The molecule has 24 heavy (non-hydrogen) atoms. The highest BCUT2D eigenvalue weighted by atomic mass is 79.9. The minimum Gasteiger partial charge on any atom is -0.496 e. The first kappa shape index (κ1) is 16.6. The maximum atomic E-state index is 12.2. The number of hydrogen-bond donors (Lipinski definition) is 1. The second kappa shape index (κ2) is 7.11. The predicted octanol–water partition coefficient (Wildman–Crippen LogP) is 3.60. The van der Waals surface area contributed by atoms with Crippen molar-refractivity contribution < 1.29 is 19.0 Å². The zero-order valence-corrected chi connectivity index (χ0v) is 14.8. The molecule has 2 aromatic carbocycles. The van der Waals surface area contributed by atoms with E-state index in [1.165, 1.54) is 19.4 Å². The lowest BCUT2D eigenvalue weighted by Gasteiger charge is -2.07. The number of hydrazone groups is 1. The first-order valence-electron chi connectivity index (χ1n) is 6.84. The van der Waals surface area contributed by atoms with Gasteiger partial charge in [-0.2, -0.15) is 5.10 Å². The highest BCUT2D eigenvalue weighted by Crippen LogP contribution is 2.36. The van der Waals surface area contributed by atoms with Gasteiger partial charge in [-0.15, -0.1) is 0 Å². The average molecular weight is 412 g/mol. The Labute approximate surface area is 151 Å². The van der Waals surface area contributed by atoms with E-state index in [1.54, 1.807) is 24.3 Å². The van der Waals surface area contributed by atoms with Crippen LogP contribution in [-0.4, -0.2) is 26.0 Å². The monoisotopic (exact) mass is 410 g/mol. The van der Waals surface area contributed by atoms with E-state index in [-0.39, 0.29) is 6.79 Å². The van der Waals surface area contributed by atoms with Crippen molar-refractivity contribution in [3.8, 4) is 17.2 Å². The van der Waals surface area contributed by atoms with Crippen LogP contribution in [0.3, 0.4) is 0 Å². The van der Waals surface area contributed by atoms with Crippen molar-refractivity contribution in [1.29, 1.82) is 0 Å². The Morgan fingerprint density at radius 1 is 1.33 bits per heavy atom. The van der Waals surface area contributed by atoms with Gasteiger partial charge in [0.1, 0.15) is 5.75 Å². The Morgan fingerprint density at radius 2 is 2.08 bits per heavy atom. The molecule has 8 heteroatoms. The topological polar surface area (TPSA) is 69.2 Å². The molecule has 124 valence electrons. The molecule has 0 spiro atoms. The molecule has 1 amide bonds. The molecule has 0 unspecified atom stereocenters. The number of halogens is 2. The van der Waals surface area contributed by atoms with Crippen LogP contribution in [-0.2, 0) is 0 Å². The molecule has 0 atom stereocenters. The summed E-state index contributed by atoms with van der Waals surface area (Å²) < 4.78 is 16.5. The van der Waals surface area contributed by atoms with E-state index in [1.807, 2.05) is 0 Å². The highest BCUT2D eigenvalue weighted by molar-refractivity contribution is 9.10. The predicted molar refractivity (Wildman–Crippen MR) is 93.3 cm³/mol. The molecule has 1 aliphatic rings. The molecule has 0 aromatic heterocycles. The number of carbonyl (C=O) groups excluding carboxylic acids is 1. The Hall–Kier alpha value is -2.25. The summed E-state index contributed by atoms with van der Waals surface area (Å²) in [6.07, 6.45) is 1.50. The van der Waals surface area contributed by atoms with Gasteiger partial charge in [0.2, 0.25) is 6.79 Å². The summed E-state index contributed by atoms with van der Waals surface area (Å²) in [6.45, 7) is 0.188. The molecule has 0 aliphatic carbocycles. The summed E-state index contributed by atoms with van der Waals surface area (Å²) in [5.74, 6) is 1.27. The Kier molecular flexibility index (Phi) is 4.92. The Bertz CT molecular complexity index is 826. The maximum absolute atomic E-state index is 12.2. The van der Waals surface area contributed by atoms with Gasteiger partial charge in [0.25, 0.3) is 5.91 Å². The van der Waals surface area contributed by atoms with Crippen molar-refractivity contribution in [3.63, 3.8) is 0 Å². The zero-order chi connectivity index (χ0) is 17.1. The van der Waals surface area contributed by atoms with E-state index in [4.69, 9.17) is 25.8 Å². The first-order chi connectivity index (χ1) is 11.6. The van der Waals surface area contributed by atoms with Crippen molar-refractivity contribution in [2.45, 2.75) is 0 Å². The molecule has 3 rings (SSSR count). The number of benzene rings is 2. The van der Waals surface area contributed by atoms with Crippen LogP contribution < -0.4 is 19.6 Å². The van der Waals surface area contributed by atoms with Crippen LogP contribution in [0.1, 0.15) is 15.9 Å². The summed E-state index contributed by atoms with van der Waals surface area (Å²) in [6, 6.07) is 8.33. The molecule has 1 aliphatic heterocycles. The van der Waals surface area contributed by atoms with Crippen LogP contribution >= 0.6 is 27.5 Å². The number of carbonyl (C=O) groups is 1. The van der Waals surface area contributed by atoms with Crippen LogP contribution in [0.25, 0.3) is 0 Å². The lowest BCUT2D eigenvalue weighted by atomic mass is 10.2. The summed E-state index contributed by atoms with van der Waals surface area (Å²) >= 11 is 9.33. The quantitative estimate of drug-likeness (QED) is 0.616. The zero-order valence-electron chi connectivity index (χ0n) is 12.5. The Balaban J connectivity index is 1.75. The molecule has 2 aromatic rings. The smallest absolute Gasteiger partial charge is 0.275 e. The third-order valence-electron chi connectivity index (χ3n) is 3.27. The van der Waals surface area contributed by atoms with E-state index < -0.39 is 5.91 Å². The first-order valence-corrected chi connectivity index (χ1v) is 8.01.